The number of rotatable bonds is 0. The first-order valence-electron chi connectivity index (χ1n) is 4.57. The van der Waals surface area contributed by atoms with Gasteiger partial charge < -0.3 is 5.32 Å². The Morgan fingerprint density at radius 3 is 2.38 bits per heavy atom. The highest BCUT2D eigenvalue weighted by Gasteiger charge is 2.42. The first-order valence-corrected chi connectivity index (χ1v) is 6.40. The minimum atomic E-state index is -2.72. The summed E-state index contributed by atoms with van der Waals surface area (Å²) in [4.78, 5) is 0. The van der Waals surface area contributed by atoms with Gasteiger partial charge in [0.15, 0.2) is 9.84 Å². The van der Waals surface area contributed by atoms with E-state index < -0.39 is 9.84 Å². The third-order valence-electron chi connectivity index (χ3n) is 2.97. The Balaban J connectivity index is 0.000000845. The van der Waals surface area contributed by atoms with Crippen molar-refractivity contribution in [1.82, 2.24) is 5.32 Å². The number of hydrogen-bond acceptors (Lipinski definition) is 3. The van der Waals surface area contributed by atoms with Gasteiger partial charge in [-0.2, -0.15) is 0 Å². The summed E-state index contributed by atoms with van der Waals surface area (Å²) >= 11 is 0. The van der Waals surface area contributed by atoms with E-state index in [9.17, 15) is 8.42 Å². The van der Waals surface area contributed by atoms with E-state index in [0.29, 0.717) is 11.5 Å². The largest absolute Gasteiger partial charge is 0.310 e. The topological polar surface area (TPSA) is 46.2 Å². The average molecular weight is 226 g/mol. The molecule has 0 bridgehead atoms. The van der Waals surface area contributed by atoms with Crippen LogP contribution in [0.4, 0.5) is 0 Å². The van der Waals surface area contributed by atoms with Crippen molar-refractivity contribution >= 4 is 22.2 Å². The van der Waals surface area contributed by atoms with Crippen LogP contribution in [-0.4, -0.2) is 32.0 Å². The smallest absolute Gasteiger partial charge is 0.152 e. The molecule has 2 fully saturated rings. The van der Waals surface area contributed by atoms with Gasteiger partial charge in [-0.3, -0.25) is 0 Å². The standard InChI is InChI=1S/C8H15NO2S.ClH/c10-12(11)6-4-8(7-12)3-1-2-5-9-8;/h9H,1-7H2;1H. The predicted molar refractivity (Wildman–Crippen MR) is 55.1 cm³/mol. The van der Waals surface area contributed by atoms with Crippen molar-refractivity contribution in [1.29, 1.82) is 0 Å². The minimum Gasteiger partial charge on any atom is -0.310 e. The van der Waals surface area contributed by atoms with Crippen molar-refractivity contribution in [3.05, 3.63) is 0 Å². The Bertz CT molecular complexity index is 270. The lowest BCUT2D eigenvalue weighted by atomic mass is 9.89. The van der Waals surface area contributed by atoms with Crippen LogP contribution < -0.4 is 5.32 Å². The van der Waals surface area contributed by atoms with Crippen molar-refractivity contribution in [2.24, 2.45) is 0 Å². The molecule has 5 heteroatoms. The Labute approximate surface area is 85.6 Å². The number of nitrogens with one attached hydrogen (secondary N) is 1. The van der Waals surface area contributed by atoms with Crippen molar-refractivity contribution in [3.8, 4) is 0 Å². The number of piperidine rings is 1. The fraction of sp³-hybridized carbons (Fsp3) is 1.00. The number of hydrogen-bond donors (Lipinski definition) is 1. The minimum absolute atomic E-state index is 0. The highest BCUT2D eigenvalue weighted by molar-refractivity contribution is 7.91. The maximum Gasteiger partial charge on any atom is 0.152 e. The van der Waals surface area contributed by atoms with E-state index in [1.165, 1.54) is 12.8 Å². The molecule has 2 saturated heterocycles. The fourth-order valence-corrected chi connectivity index (χ4v) is 4.36. The summed E-state index contributed by atoms with van der Waals surface area (Å²) in [5.41, 5.74) is -0.0307. The SMILES string of the molecule is Cl.O=S1(=O)CCC2(CCCCN2)C1. The lowest BCUT2D eigenvalue weighted by molar-refractivity contribution is 0.285. The molecule has 1 spiro atoms. The molecule has 0 saturated carbocycles. The maximum atomic E-state index is 11.3. The zero-order valence-corrected chi connectivity index (χ0v) is 9.22. The van der Waals surface area contributed by atoms with Crippen LogP contribution in [0.3, 0.4) is 0 Å². The summed E-state index contributed by atoms with van der Waals surface area (Å²) < 4.78 is 22.5. The van der Waals surface area contributed by atoms with Gasteiger partial charge in [0.05, 0.1) is 11.5 Å². The molecule has 1 atom stereocenters. The summed E-state index contributed by atoms with van der Waals surface area (Å²) in [5.74, 6) is 0.764. The van der Waals surface area contributed by atoms with Gasteiger partial charge in [-0.25, -0.2) is 8.42 Å². The van der Waals surface area contributed by atoms with Crippen molar-refractivity contribution < 1.29 is 8.42 Å². The molecule has 0 aromatic carbocycles. The molecule has 2 aliphatic rings. The van der Waals surface area contributed by atoms with Gasteiger partial charge in [0.1, 0.15) is 0 Å². The van der Waals surface area contributed by atoms with E-state index in [0.717, 1.165) is 19.4 Å². The molecule has 0 radical (unpaired) electrons. The molecule has 3 nitrogen and oxygen atoms in total. The molecule has 1 unspecified atom stereocenters. The molecule has 78 valence electrons. The van der Waals surface area contributed by atoms with Gasteiger partial charge in [-0.15, -0.1) is 12.4 Å². The van der Waals surface area contributed by atoms with Gasteiger partial charge in [-0.1, -0.05) is 6.42 Å². The summed E-state index contributed by atoms with van der Waals surface area (Å²) in [6, 6.07) is 0. The molecule has 1 N–H and O–H groups in total. The second kappa shape index (κ2) is 3.75. The van der Waals surface area contributed by atoms with Gasteiger partial charge in [0, 0.05) is 5.54 Å². The molecular formula is C8H16ClNO2S. The lowest BCUT2D eigenvalue weighted by Crippen LogP contribution is -2.49. The Morgan fingerprint density at radius 2 is 1.92 bits per heavy atom. The first-order chi connectivity index (χ1) is 5.62. The maximum absolute atomic E-state index is 11.3. The van der Waals surface area contributed by atoms with Crippen LogP contribution in [0, 0.1) is 0 Å². The van der Waals surface area contributed by atoms with Crippen molar-refractivity contribution in [3.63, 3.8) is 0 Å². The second-order valence-corrected chi connectivity index (χ2v) is 6.19. The van der Waals surface area contributed by atoms with Crippen LogP contribution in [-0.2, 0) is 9.84 Å². The average Bonchev–Trinajstić information content (AvgIpc) is 2.29. The molecule has 2 rings (SSSR count). The molecule has 0 aromatic heterocycles. The highest BCUT2D eigenvalue weighted by atomic mass is 35.5. The van der Waals surface area contributed by atoms with Gasteiger partial charge in [0.2, 0.25) is 0 Å². The number of halogens is 1. The summed E-state index contributed by atoms with van der Waals surface area (Å²) in [6.07, 6.45) is 4.26. The van der Waals surface area contributed by atoms with Gasteiger partial charge in [0.25, 0.3) is 0 Å². The molecule has 2 aliphatic heterocycles. The van der Waals surface area contributed by atoms with Gasteiger partial charge in [-0.05, 0) is 25.8 Å². The first kappa shape index (κ1) is 11.3. The quantitative estimate of drug-likeness (QED) is 0.662. The summed E-state index contributed by atoms with van der Waals surface area (Å²) in [5, 5.41) is 3.37. The van der Waals surface area contributed by atoms with Crippen LogP contribution in [0.1, 0.15) is 25.7 Å². The summed E-state index contributed by atoms with van der Waals surface area (Å²) in [7, 11) is -2.72. The van der Waals surface area contributed by atoms with Crippen molar-refractivity contribution in [2.75, 3.05) is 18.1 Å². The van der Waals surface area contributed by atoms with E-state index in [4.69, 9.17) is 0 Å². The van der Waals surface area contributed by atoms with Gasteiger partial charge >= 0.3 is 0 Å². The lowest BCUT2D eigenvalue weighted by Gasteiger charge is -2.33. The van der Waals surface area contributed by atoms with Crippen LogP contribution in [0.5, 0.6) is 0 Å². The molecule has 0 aliphatic carbocycles. The van der Waals surface area contributed by atoms with Crippen molar-refractivity contribution in [2.45, 2.75) is 31.2 Å². The molecule has 13 heavy (non-hydrogen) atoms. The van der Waals surface area contributed by atoms with Crippen LogP contribution >= 0.6 is 12.4 Å². The van der Waals surface area contributed by atoms with E-state index in [-0.39, 0.29) is 17.9 Å². The third kappa shape index (κ3) is 2.36. The van der Waals surface area contributed by atoms with E-state index in [2.05, 4.69) is 5.32 Å². The zero-order valence-electron chi connectivity index (χ0n) is 7.58. The van der Waals surface area contributed by atoms with E-state index in [1.807, 2.05) is 0 Å². The normalized spacial score (nSPS) is 37.2. The fourth-order valence-electron chi connectivity index (χ4n) is 2.28. The number of sulfone groups is 1. The molecule has 0 amide bonds. The summed E-state index contributed by atoms with van der Waals surface area (Å²) in [6.45, 7) is 0.996. The predicted octanol–water partition coefficient (Wildman–Crippen LogP) is 0.739. The Kier molecular flexibility index (Phi) is 3.25. The van der Waals surface area contributed by atoms with E-state index >= 15 is 0 Å². The third-order valence-corrected chi connectivity index (χ3v) is 4.79. The van der Waals surface area contributed by atoms with E-state index in [1.54, 1.807) is 0 Å². The molecular weight excluding hydrogens is 210 g/mol. The molecule has 2 heterocycles. The Morgan fingerprint density at radius 1 is 1.15 bits per heavy atom. The van der Waals surface area contributed by atoms with Crippen LogP contribution in [0.25, 0.3) is 0 Å². The molecule has 0 aromatic rings. The zero-order chi connectivity index (χ0) is 8.66. The Hall–Kier alpha value is 0.200. The van der Waals surface area contributed by atoms with Crippen LogP contribution in [0.2, 0.25) is 0 Å². The highest BCUT2D eigenvalue weighted by Crippen LogP contribution is 2.30. The van der Waals surface area contributed by atoms with Crippen LogP contribution in [0.15, 0.2) is 0 Å². The monoisotopic (exact) mass is 225 g/mol. The second-order valence-electron chi connectivity index (χ2n) is 4.01.